The second-order valence-electron chi connectivity index (χ2n) is 6.17. The number of nitrogens with zero attached hydrogens (tertiary/aromatic N) is 2. The number of morpholine rings is 1. The van der Waals surface area contributed by atoms with E-state index < -0.39 is 28.4 Å². The van der Waals surface area contributed by atoms with Crippen LogP contribution in [0, 0.1) is 18.3 Å². The molecule has 0 spiro atoms. The first-order valence-electron chi connectivity index (χ1n) is 8.43. The fourth-order valence-electron chi connectivity index (χ4n) is 2.59. The Morgan fingerprint density at radius 2 is 1.96 bits per heavy atom. The fourth-order valence-corrected chi connectivity index (χ4v) is 4.25. The quantitative estimate of drug-likeness (QED) is 0.408. The maximum absolute atomic E-state index is 12.9. The van der Waals surface area contributed by atoms with Gasteiger partial charge in [-0.1, -0.05) is 6.07 Å². The van der Waals surface area contributed by atoms with E-state index >= 15 is 0 Å². The van der Waals surface area contributed by atoms with Gasteiger partial charge in [-0.3, -0.25) is 4.79 Å². The predicted molar refractivity (Wildman–Crippen MR) is 98.5 cm³/mol. The molecule has 0 bridgehead atoms. The van der Waals surface area contributed by atoms with Gasteiger partial charge in [0.15, 0.2) is 6.61 Å². The zero-order valence-corrected chi connectivity index (χ0v) is 16.4. The van der Waals surface area contributed by atoms with E-state index in [1.807, 2.05) is 0 Å². The molecule has 1 fully saturated rings. The van der Waals surface area contributed by atoms with Gasteiger partial charge in [-0.05, 0) is 31.5 Å². The number of ether oxygens (including phenoxy) is 2. The Bertz CT molecular complexity index is 952. The van der Waals surface area contributed by atoms with Crippen molar-refractivity contribution in [3.63, 3.8) is 0 Å². The van der Waals surface area contributed by atoms with Crippen LogP contribution in [-0.4, -0.2) is 57.4 Å². The molecule has 2 N–H and O–H groups in total. The number of allylic oxidation sites excluding steroid dienone is 1. The Morgan fingerprint density at radius 3 is 2.54 bits per heavy atom. The number of hydrogen-bond donors (Lipinski definition) is 1. The number of sulfonamides is 1. The van der Waals surface area contributed by atoms with Crippen LogP contribution >= 0.6 is 0 Å². The van der Waals surface area contributed by atoms with Gasteiger partial charge in [-0.2, -0.15) is 9.57 Å². The van der Waals surface area contributed by atoms with Gasteiger partial charge in [0.2, 0.25) is 15.8 Å². The number of rotatable bonds is 6. The predicted octanol–water partition coefficient (Wildman–Crippen LogP) is 0.498. The monoisotopic (exact) mass is 407 g/mol. The van der Waals surface area contributed by atoms with Crippen LogP contribution in [-0.2, 0) is 24.3 Å². The molecule has 9 nitrogen and oxygen atoms in total. The molecule has 28 heavy (non-hydrogen) atoms. The second kappa shape index (κ2) is 8.97. The Labute approximate surface area is 163 Å². The minimum Gasteiger partial charge on any atom is -0.454 e. The van der Waals surface area contributed by atoms with Crippen molar-refractivity contribution in [3.8, 4) is 6.07 Å². The van der Waals surface area contributed by atoms with Gasteiger partial charge in [-0.15, -0.1) is 0 Å². The fraction of sp³-hybridized carbons (Fsp3) is 0.389. The molecule has 150 valence electrons. The molecule has 0 aromatic heterocycles. The third kappa shape index (κ3) is 4.75. The molecular weight excluding hydrogens is 386 g/mol. The van der Waals surface area contributed by atoms with E-state index in [1.54, 1.807) is 13.0 Å². The first kappa shape index (κ1) is 21.6. The van der Waals surface area contributed by atoms with Crippen LogP contribution in [0.5, 0.6) is 0 Å². The van der Waals surface area contributed by atoms with Crippen LogP contribution in [0.15, 0.2) is 34.4 Å². The summed E-state index contributed by atoms with van der Waals surface area (Å²) < 4.78 is 37.1. The van der Waals surface area contributed by atoms with Gasteiger partial charge in [0.1, 0.15) is 11.6 Å². The van der Waals surface area contributed by atoms with Crippen molar-refractivity contribution >= 4 is 21.8 Å². The maximum Gasteiger partial charge on any atom is 0.338 e. The molecule has 0 radical (unpaired) electrons. The van der Waals surface area contributed by atoms with Crippen LogP contribution in [0.2, 0.25) is 0 Å². The number of nitriles is 1. The van der Waals surface area contributed by atoms with E-state index in [2.05, 4.69) is 0 Å². The minimum atomic E-state index is -3.80. The summed E-state index contributed by atoms with van der Waals surface area (Å²) >= 11 is 0. The summed E-state index contributed by atoms with van der Waals surface area (Å²) in [6, 6.07) is 5.79. The number of esters is 1. The van der Waals surface area contributed by atoms with Gasteiger partial charge in [0.05, 0.1) is 23.7 Å². The van der Waals surface area contributed by atoms with E-state index in [0.717, 1.165) is 0 Å². The van der Waals surface area contributed by atoms with Crippen molar-refractivity contribution in [2.45, 2.75) is 18.7 Å². The molecule has 0 saturated carbocycles. The highest BCUT2D eigenvalue weighted by Crippen LogP contribution is 2.22. The van der Waals surface area contributed by atoms with Crippen LogP contribution in [0.1, 0.15) is 22.8 Å². The van der Waals surface area contributed by atoms with Gasteiger partial charge >= 0.3 is 5.97 Å². The first-order chi connectivity index (χ1) is 13.2. The minimum absolute atomic E-state index is 0.00871. The standard InChI is InChI=1S/C18H21N3O6S/c1-12-3-4-14(18(23)27-11-16(22)15(10-19)13(2)20)9-17(12)28(24,25)21-5-7-26-8-6-21/h3-4,9H,5-8,11,20H2,1-2H3/b15-13+. The Hall–Kier alpha value is -2.74. The second-order valence-corrected chi connectivity index (χ2v) is 8.07. The average Bonchev–Trinajstić information content (AvgIpc) is 2.67. The van der Waals surface area contributed by atoms with E-state index in [0.29, 0.717) is 18.8 Å². The lowest BCUT2D eigenvalue weighted by Crippen LogP contribution is -2.40. The largest absolute Gasteiger partial charge is 0.454 e. The lowest BCUT2D eigenvalue weighted by molar-refractivity contribution is -0.118. The molecule has 10 heteroatoms. The zero-order chi connectivity index (χ0) is 20.9. The molecule has 0 unspecified atom stereocenters. The SMILES string of the molecule is C/C(N)=C(/C#N)C(=O)COC(=O)c1ccc(C)c(S(=O)(=O)N2CCOCC2)c1. The van der Waals surface area contributed by atoms with Crippen LogP contribution < -0.4 is 5.73 Å². The summed E-state index contributed by atoms with van der Waals surface area (Å²) in [7, 11) is -3.80. The maximum atomic E-state index is 12.9. The summed E-state index contributed by atoms with van der Waals surface area (Å²) in [5, 5.41) is 8.90. The average molecular weight is 407 g/mol. The molecule has 1 aliphatic heterocycles. The number of carbonyl (C=O) groups excluding carboxylic acids is 2. The van der Waals surface area contributed by atoms with Crippen LogP contribution in [0.3, 0.4) is 0 Å². The highest BCUT2D eigenvalue weighted by Gasteiger charge is 2.28. The number of Topliss-reactive ketones (excluding diaryl/α,β-unsaturated/α-hetero) is 1. The van der Waals surface area contributed by atoms with Crippen molar-refractivity contribution < 1.29 is 27.5 Å². The van der Waals surface area contributed by atoms with Crippen molar-refractivity contribution in [1.82, 2.24) is 4.31 Å². The summed E-state index contributed by atoms with van der Waals surface area (Å²) in [6.45, 7) is 3.41. The lowest BCUT2D eigenvalue weighted by Gasteiger charge is -2.26. The van der Waals surface area contributed by atoms with Crippen molar-refractivity contribution in [2.24, 2.45) is 5.73 Å². The Balaban J connectivity index is 2.20. The molecule has 0 atom stereocenters. The molecule has 1 heterocycles. The third-order valence-corrected chi connectivity index (χ3v) is 6.17. The van der Waals surface area contributed by atoms with E-state index in [-0.39, 0.29) is 34.8 Å². The summed E-state index contributed by atoms with van der Waals surface area (Å²) in [6.07, 6.45) is 0. The summed E-state index contributed by atoms with van der Waals surface area (Å²) in [5.74, 6) is -1.61. The molecule has 1 aromatic rings. The van der Waals surface area contributed by atoms with E-state index in [4.69, 9.17) is 20.5 Å². The first-order valence-corrected chi connectivity index (χ1v) is 9.87. The van der Waals surface area contributed by atoms with E-state index in [1.165, 1.54) is 29.4 Å². The number of carbonyl (C=O) groups is 2. The third-order valence-electron chi connectivity index (χ3n) is 4.13. The van der Waals surface area contributed by atoms with Crippen molar-refractivity contribution in [3.05, 3.63) is 40.6 Å². The number of ketones is 1. The molecule has 0 aliphatic carbocycles. The van der Waals surface area contributed by atoms with Gasteiger partial charge in [0, 0.05) is 18.8 Å². The summed E-state index contributed by atoms with van der Waals surface area (Å²) in [4.78, 5) is 24.1. The van der Waals surface area contributed by atoms with E-state index in [9.17, 15) is 18.0 Å². The Kier molecular flexibility index (Phi) is 6.90. The number of hydrogen-bond acceptors (Lipinski definition) is 8. The smallest absolute Gasteiger partial charge is 0.338 e. The van der Waals surface area contributed by atoms with Crippen LogP contribution in [0.25, 0.3) is 0 Å². The van der Waals surface area contributed by atoms with Crippen LogP contribution in [0.4, 0.5) is 0 Å². The van der Waals surface area contributed by atoms with Gasteiger partial charge in [-0.25, -0.2) is 13.2 Å². The van der Waals surface area contributed by atoms with Gasteiger partial charge in [0.25, 0.3) is 0 Å². The highest BCUT2D eigenvalue weighted by molar-refractivity contribution is 7.89. The molecule has 1 aromatic carbocycles. The number of benzene rings is 1. The summed E-state index contributed by atoms with van der Waals surface area (Å²) in [5.41, 5.74) is 5.64. The van der Waals surface area contributed by atoms with Gasteiger partial charge < -0.3 is 15.2 Å². The zero-order valence-electron chi connectivity index (χ0n) is 15.6. The molecule has 1 aliphatic rings. The lowest BCUT2D eigenvalue weighted by atomic mass is 10.1. The van der Waals surface area contributed by atoms with Crippen molar-refractivity contribution in [1.29, 1.82) is 5.26 Å². The topological polar surface area (TPSA) is 140 Å². The number of nitrogens with two attached hydrogens (primary N) is 1. The van der Waals surface area contributed by atoms with Crippen molar-refractivity contribution in [2.75, 3.05) is 32.9 Å². The molecule has 1 saturated heterocycles. The molecular formula is C18H21N3O6S. The Morgan fingerprint density at radius 1 is 1.32 bits per heavy atom. The molecule has 2 rings (SSSR count). The highest BCUT2D eigenvalue weighted by atomic mass is 32.2. The number of aryl methyl sites for hydroxylation is 1. The molecule has 0 amide bonds. The normalized spacial score (nSPS) is 16.0.